The van der Waals surface area contributed by atoms with Gasteiger partial charge in [-0.2, -0.15) is 0 Å². The third-order valence-corrected chi connectivity index (χ3v) is 4.86. The zero-order valence-corrected chi connectivity index (χ0v) is 14.9. The van der Waals surface area contributed by atoms with Crippen molar-refractivity contribution in [3.63, 3.8) is 0 Å². The highest BCUT2D eigenvalue weighted by Gasteiger charge is 2.40. The van der Waals surface area contributed by atoms with Gasteiger partial charge in [0.15, 0.2) is 5.17 Å². The van der Waals surface area contributed by atoms with Gasteiger partial charge in [0.25, 0.3) is 0 Å². The molecule has 0 aliphatic carbocycles. The highest BCUT2D eigenvalue weighted by atomic mass is 32.2. The van der Waals surface area contributed by atoms with Crippen LogP contribution in [0.2, 0.25) is 0 Å². The van der Waals surface area contributed by atoms with Gasteiger partial charge in [-0.05, 0) is 24.3 Å². The molecule has 1 aliphatic rings. The summed E-state index contributed by atoms with van der Waals surface area (Å²) in [5.41, 5.74) is 1.41. The van der Waals surface area contributed by atoms with Crippen molar-refractivity contribution in [2.75, 3.05) is 23.4 Å². The Morgan fingerprint density at radius 3 is 2.42 bits per heavy atom. The molecule has 1 aliphatic heterocycles. The number of carbonyl (C=O) groups excluding carboxylic acids is 2. The summed E-state index contributed by atoms with van der Waals surface area (Å²) in [5.74, 6) is -0.474. The topological polar surface area (TPSA) is 82.0 Å². The minimum atomic E-state index is -0.545. The van der Waals surface area contributed by atoms with Gasteiger partial charge in [-0.15, -0.1) is 0 Å². The van der Waals surface area contributed by atoms with Crippen LogP contribution in [0.5, 0.6) is 0 Å². The van der Waals surface area contributed by atoms with Gasteiger partial charge in [0, 0.05) is 12.1 Å². The number of hydrogen-bond donors (Lipinski definition) is 2. The van der Waals surface area contributed by atoms with Crippen LogP contribution < -0.4 is 10.2 Å². The number of amides is 2. The van der Waals surface area contributed by atoms with E-state index in [9.17, 15) is 9.59 Å². The van der Waals surface area contributed by atoms with Crippen molar-refractivity contribution < 1.29 is 14.7 Å². The van der Waals surface area contributed by atoms with E-state index in [1.807, 2.05) is 36.4 Å². The van der Waals surface area contributed by atoms with E-state index in [0.717, 1.165) is 5.69 Å². The molecule has 2 N–H and O–H groups in total. The average Bonchev–Trinajstić information content (AvgIpc) is 2.94. The van der Waals surface area contributed by atoms with Crippen molar-refractivity contribution in [3.8, 4) is 0 Å². The Kier molecular flexibility index (Phi) is 6.04. The van der Waals surface area contributed by atoms with Gasteiger partial charge in [-0.3, -0.25) is 14.6 Å². The number of aliphatic hydroxyl groups excluding tert-OH is 1. The number of carbonyl (C=O) groups is 2. The summed E-state index contributed by atoms with van der Waals surface area (Å²) in [6.07, 6.45) is 0.118. The van der Waals surface area contributed by atoms with Crippen LogP contribution in [0.4, 0.5) is 11.4 Å². The monoisotopic (exact) mass is 369 g/mol. The molecular weight excluding hydrogens is 350 g/mol. The van der Waals surface area contributed by atoms with Crippen molar-refractivity contribution in [1.82, 2.24) is 0 Å². The molecule has 0 spiro atoms. The van der Waals surface area contributed by atoms with Gasteiger partial charge in [0.1, 0.15) is 5.25 Å². The van der Waals surface area contributed by atoms with Crippen LogP contribution in [0.25, 0.3) is 0 Å². The molecule has 1 fully saturated rings. The van der Waals surface area contributed by atoms with E-state index in [4.69, 9.17) is 5.11 Å². The molecular formula is C19H19N3O3S. The molecule has 1 heterocycles. The van der Waals surface area contributed by atoms with E-state index >= 15 is 0 Å². The second kappa shape index (κ2) is 8.64. The van der Waals surface area contributed by atoms with Crippen molar-refractivity contribution >= 4 is 40.1 Å². The molecule has 2 aromatic carbocycles. The smallest absolute Gasteiger partial charge is 0.247 e. The SMILES string of the molecule is O=C1C[C@@H](SC(=NCCO)Nc2ccccc2)C(=O)N1c1ccccc1. The predicted octanol–water partition coefficient (Wildman–Crippen LogP) is 2.51. The molecule has 0 aromatic heterocycles. The van der Waals surface area contributed by atoms with Crippen molar-refractivity contribution in [3.05, 3.63) is 60.7 Å². The zero-order valence-electron chi connectivity index (χ0n) is 14.0. The molecule has 134 valence electrons. The van der Waals surface area contributed by atoms with E-state index < -0.39 is 5.25 Å². The number of hydrogen-bond acceptors (Lipinski definition) is 5. The first-order valence-electron chi connectivity index (χ1n) is 8.25. The Bertz CT molecular complexity index is 796. The number of aliphatic imine (C=N–C) groups is 1. The molecule has 7 heteroatoms. The minimum absolute atomic E-state index is 0.0891. The summed E-state index contributed by atoms with van der Waals surface area (Å²) in [6.45, 7) is 0.133. The molecule has 0 unspecified atom stereocenters. The molecule has 0 saturated carbocycles. The Labute approximate surface area is 155 Å². The second-order valence-corrected chi connectivity index (χ2v) is 6.81. The number of aliphatic hydroxyl groups is 1. The lowest BCUT2D eigenvalue weighted by molar-refractivity contribution is -0.121. The van der Waals surface area contributed by atoms with Crippen LogP contribution in [0.3, 0.4) is 0 Å². The highest BCUT2D eigenvalue weighted by Crippen LogP contribution is 2.30. The Balaban J connectivity index is 1.75. The Hall–Kier alpha value is -2.64. The standard InChI is InChI=1S/C19H19N3O3S/c23-12-11-20-19(21-14-7-3-1-4-8-14)26-16-13-17(24)22(18(16)25)15-9-5-2-6-10-15/h1-10,16,23H,11-13H2,(H,20,21)/t16-/m1/s1. The van der Waals surface area contributed by atoms with Gasteiger partial charge >= 0.3 is 0 Å². The second-order valence-electron chi connectivity index (χ2n) is 5.62. The van der Waals surface area contributed by atoms with Crippen molar-refractivity contribution in [2.45, 2.75) is 11.7 Å². The fourth-order valence-electron chi connectivity index (χ4n) is 2.58. The van der Waals surface area contributed by atoms with E-state index in [0.29, 0.717) is 10.9 Å². The lowest BCUT2D eigenvalue weighted by atomic mass is 10.3. The average molecular weight is 369 g/mol. The fraction of sp³-hybridized carbons (Fsp3) is 0.211. The van der Waals surface area contributed by atoms with E-state index in [2.05, 4.69) is 10.3 Å². The summed E-state index contributed by atoms with van der Waals surface area (Å²) >= 11 is 1.21. The van der Waals surface area contributed by atoms with Crippen LogP contribution in [-0.2, 0) is 9.59 Å². The van der Waals surface area contributed by atoms with E-state index in [1.54, 1.807) is 24.3 Å². The fourth-order valence-corrected chi connectivity index (χ4v) is 3.63. The van der Waals surface area contributed by atoms with Crippen molar-refractivity contribution in [2.24, 2.45) is 4.99 Å². The molecule has 0 bridgehead atoms. The predicted molar refractivity (Wildman–Crippen MR) is 104 cm³/mol. The maximum Gasteiger partial charge on any atom is 0.247 e. The van der Waals surface area contributed by atoms with Crippen molar-refractivity contribution in [1.29, 1.82) is 0 Å². The normalized spacial score (nSPS) is 17.7. The third kappa shape index (κ3) is 4.30. The molecule has 3 rings (SSSR count). The Morgan fingerprint density at radius 2 is 1.77 bits per heavy atom. The molecule has 0 radical (unpaired) electrons. The number of para-hydroxylation sites is 2. The maximum absolute atomic E-state index is 12.7. The van der Waals surface area contributed by atoms with Gasteiger partial charge in [0.05, 0.1) is 18.8 Å². The molecule has 2 amide bonds. The number of amidine groups is 1. The number of nitrogens with zero attached hydrogens (tertiary/aromatic N) is 2. The number of benzene rings is 2. The number of imide groups is 1. The minimum Gasteiger partial charge on any atom is -0.394 e. The molecule has 6 nitrogen and oxygen atoms in total. The third-order valence-electron chi connectivity index (χ3n) is 3.75. The molecule has 2 aromatic rings. The van der Waals surface area contributed by atoms with Gasteiger partial charge in [0.2, 0.25) is 11.8 Å². The zero-order chi connectivity index (χ0) is 18.4. The van der Waals surface area contributed by atoms with Crippen LogP contribution in [0, 0.1) is 0 Å². The number of anilines is 2. The molecule has 1 atom stereocenters. The molecule has 1 saturated heterocycles. The van der Waals surface area contributed by atoms with Crippen LogP contribution in [-0.4, -0.2) is 40.5 Å². The number of nitrogens with one attached hydrogen (secondary N) is 1. The summed E-state index contributed by atoms with van der Waals surface area (Å²) in [5, 5.41) is 12.2. The first kappa shape index (κ1) is 18.2. The Morgan fingerprint density at radius 1 is 1.12 bits per heavy atom. The van der Waals surface area contributed by atoms with E-state index in [-0.39, 0.29) is 31.4 Å². The lowest BCUT2D eigenvalue weighted by Crippen LogP contribution is -2.31. The van der Waals surface area contributed by atoms with Gasteiger partial charge in [-0.25, -0.2) is 4.90 Å². The maximum atomic E-state index is 12.7. The lowest BCUT2D eigenvalue weighted by Gasteiger charge is -2.15. The number of thioether (sulfide) groups is 1. The first-order valence-corrected chi connectivity index (χ1v) is 9.13. The summed E-state index contributed by atoms with van der Waals surface area (Å²) in [4.78, 5) is 30.6. The quantitative estimate of drug-likeness (QED) is 0.481. The van der Waals surface area contributed by atoms with Crippen LogP contribution >= 0.6 is 11.8 Å². The first-order chi connectivity index (χ1) is 12.7. The van der Waals surface area contributed by atoms with Crippen LogP contribution in [0.15, 0.2) is 65.7 Å². The van der Waals surface area contributed by atoms with Gasteiger partial charge < -0.3 is 10.4 Å². The highest BCUT2D eigenvalue weighted by molar-refractivity contribution is 8.15. The number of rotatable bonds is 5. The van der Waals surface area contributed by atoms with Gasteiger partial charge in [-0.1, -0.05) is 48.2 Å². The molecule has 26 heavy (non-hydrogen) atoms. The largest absolute Gasteiger partial charge is 0.394 e. The summed E-state index contributed by atoms with van der Waals surface area (Å²) in [6, 6.07) is 18.3. The summed E-state index contributed by atoms with van der Waals surface area (Å²) in [7, 11) is 0. The van der Waals surface area contributed by atoms with Crippen LogP contribution in [0.1, 0.15) is 6.42 Å². The summed E-state index contributed by atoms with van der Waals surface area (Å²) < 4.78 is 0. The van der Waals surface area contributed by atoms with E-state index in [1.165, 1.54) is 16.7 Å².